The number of nitrogens with two attached hydrogens (primary N) is 1. The van der Waals surface area contributed by atoms with Gasteiger partial charge in [0.15, 0.2) is 0 Å². The zero-order valence-corrected chi connectivity index (χ0v) is 16.7. The predicted octanol–water partition coefficient (Wildman–Crippen LogP) is -2.13. The molecule has 8 N–H and O–H groups in total. The highest BCUT2D eigenvalue weighted by atomic mass is 16.4. The van der Waals surface area contributed by atoms with E-state index in [0.29, 0.717) is 6.42 Å². The molecule has 0 spiro atoms. The van der Waals surface area contributed by atoms with Crippen LogP contribution in [0.4, 0.5) is 0 Å². The van der Waals surface area contributed by atoms with Crippen molar-refractivity contribution in [1.82, 2.24) is 16.0 Å². The fourth-order valence-electron chi connectivity index (χ4n) is 2.32. The summed E-state index contributed by atoms with van der Waals surface area (Å²) in [5, 5.41) is 33.0. The van der Waals surface area contributed by atoms with E-state index in [9.17, 15) is 28.8 Å². The van der Waals surface area contributed by atoms with Gasteiger partial charge in [0.2, 0.25) is 17.7 Å². The van der Waals surface area contributed by atoms with E-state index >= 15 is 0 Å². The van der Waals surface area contributed by atoms with E-state index in [2.05, 4.69) is 16.0 Å². The van der Waals surface area contributed by atoms with Crippen LogP contribution in [-0.2, 0) is 28.8 Å². The maximum atomic E-state index is 12.6. The number of aliphatic carboxylic acids is 3. The Balaban J connectivity index is 5.38. The first-order chi connectivity index (χ1) is 13.9. The minimum Gasteiger partial charge on any atom is -0.481 e. The summed E-state index contributed by atoms with van der Waals surface area (Å²) in [7, 11) is 0. The largest absolute Gasteiger partial charge is 0.481 e. The van der Waals surface area contributed by atoms with Crippen molar-refractivity contribution in [1.29, 1.82) is 0 Å². The minimum atomic E-state index is -1.47. The average molecular weight is 432 g/mol. The van der Waals surface area contributed by atoms with Crippen molar-refractivity contribution < 1.29 is 44.1 Å². The Kier molecular flexibility index (Phi) is 11.7. The quantitative estimate of drug-likeness (QED) is 0.158. The van der Waals surface area contributed by atoms with Crippen LogP contribution in [0.25, 0.3) is 0 Å². The molecule has 0 heterocycles. The summed E-state index contributed by atoms with van der Waals surface area (Å²) in [6.07, 6.45) is -1.09. The summed E-state index contributed by atoms with van der Waals surface area (Å²) in [6.45, 7) is 2.71. The number of rotatable bonds is 14. The highest BCUT2D eigenvalue weighted by Crippen LogP contribution is 2.09. The highest BCUT2D eigenvalue weighted by Gasteiger charge is 2.31. The summed E-state index contributed by atoms with van der Waals surface area (Å²) in [6, 6.07) is -4.00. The lowest BCUT2D eigenvalue weighted by Crippen LogP contribution is -2.57. The third-order valence-electron chi connectivity index (χ3n) is 4.22. The predicted molar refractivity (Wildman–Crippen MR) is 101 cm³/mol. The van der Waals surface area contributed by atoms with E-state index < -0.39 is 79.1 Å². The Labute approximate surface area is 172 Å². The Hall–Kier alpha value is -3.22. The molecule has 170 valence electrons. The number of carbonyl (C=O) groups is 6. The van der Waals surface area contributed by atoms with Gasteiger partial charge in [0.1, 0.15) is 18.6 Å². The summed E-state index contributed by atoms with van der Waals surface area (Å²) in [4.78, 5) is 69.1. The average Bonchev–Trinajstić information content (AvgIpc) is 2.65. The molecule has 0 saturated heterocycles. The van der Waals surface area contributed by atoms with Gasteiger partial charge in [0, 0.05) is 6.42 Å². The van der Waals surface area contributed by atoms with E-state index in [1.54, 1.807) is 13.8 Å². The van der Waals surface area contributed by atoms with Crippen LogP contribution in [0.2, 0.25) is 0 Å². The maximum Gasteiger partial charge on any atom is 0.322 e. The van der Waals surface area contributed by atoms with Crippen molar-refractivity contribution >= 4 is 35.6 Å². The van der Waals surface area contributed by atoms with Gasteiger partial charge in [-0.05, 0) is 12.3 Å². The van der Waals surface area contributed by atoms with Crippen LogP contribution in [0.3, 0.4) is 0 Å². The van der Waals surface area contributed by atoms with E-state index in [0.717, 1.165) is 0 Å². The van der Waals surface area contributed by atoms with E-state index in [-0.39, 0.29) is 6.42 Å². The van der Waals surface area contributed by atoms with Gasteiger partial charge in [-0.3, -0.25) is 28.8 Å². The van der Waals surface area contributed by atoms with Crippen molar-refractivity contribution in [2.24, 2.45) is 11.7 Å². The molecular weight excluding hydrogens is 404 g/mol. The summed E-state index contributed by atoms with van der Waals surface area (Å²) in [5.74, 6) is -6.89. The fourth-order valence-corrected chi connectivity index (χ4v) is 2.32. The molecule has 0 fully saturated rings. The van der Waals surface area contributed by atoms with Crippen LogP contribution in [0.1, 0.15) is 39.5 Å². The number of nitrogens with one attached hydrogen (secondary N) is 3. The lowest BCUT2D eigenvalue weighted by molar-refractivity contribution is -0.140. The first-order valence-electron chi connectivity index (χ1n) is 9.18. The van der Waals surface area contributed by atoms with Crippen LogP contribution in [0.5, 0.6) is 0 Å². The smallest absolute Gasteiger partial charge is 0.322 e. The summed E-state index contributed by atoms with van der Waals surface area (Å²) < 4.78 is 0. The molecule has 0 aliphatic rings. The number of amides is 3. The first-order valence-corrected chi connectivity index (χ1v) is 9.18. The SMILES string of the molecule is CCC(C)C(NC(=O)C(CCC(=O)O)NC(=O)C(N)CC(=O)O)C(=O)NCC(=O)O. The molecule has 0 radical (unpaired) electrons. The second-order valence-corrected chi connectivity index (χ2v) is 6.68. The molecule has 4 atom stereocenters. The molecule has 4 unspecified atom stereocenters. The third kappa shape index (κ3) is 10.4. The summed E-state index contributed by atoms with van der Waals surface area (Å²) in [5.41, 5.74) is 5.45. The van der Waals surface area contributed by atoms with Crippen LogP contribution in [0, 0.1) is 5.92 Å². The summed E-state index contributed by atoms with van der Waals surface area (Å²) >= 11 is 0. The first kappa shape index (κ1) is 26.8. The zero-order valence-electron chi connectivity index (χ0n) is 16.7. The Morgan fingerprint density at radius 3 is 1.93 bits per heavy atom. The van der Waals surface area contributed by atoms with E-state index in [4.69, 9.17) is 21.1 Å². The van der Waals surface area contributed by atoms with Crippen molar-refractivity contribution in [3.8, 4) is 0 Å². The van der Waals surface area contributed by atoms with Gasteiger partial charge in [0.25, 0.3) is 0 Å². The molecular formula is C17H28N4O9. The van der Waals surface area contributed by atoms with Crippen molar-refractivity contribution in [3.05, 3.63) is 0 Å². The standard InChI is InChI=1S/C17H28N4O9/c1-3-8(2)14(17(30)19-7-13(26)27)21-16(29)10(4-5-11(22)23)20-15(28)9(18)6-12(24)25/h8-10,14H,3-7,18H2,1-2H3,(H,19,30)(H,20,28)(H,21,29)(H,22,23)(H,24,25)(H,26,27). The highest BCUT2D eigenvalue weighted by molar-refractivity contribution is 5.94. The van der Waals surface area contributed by atoms with Gasteiger partial charge >= 0.3 is 17.9 Å². The van der Waals surface area contributed by atoms with E-state index in [1.807, 2.05) is 0 Å². The Bertz CT molecular complexity index is 668. The molecule has 0 saturated carbocycles. The van der Waals surface area contributed by atoms with Gasteiger partial charge in [-0.15, -0.1) is 0 Å². The van der Waals surface area contributed by atoms with Gasteiger partial charge < -0.3 is 37.0 Å². The maximum absolute atomic E-state index is 12.6. The van der Waals surface area contributed by atoms with E-state index in [1.165, 1.54) is 0 Å². The van der Waals surface area contributed by atoms with Gasteiger partial charge in [-0.25, -0.2) is 0 Å². The number of carboxylic acids is 3. The Morgan fingerprint density at radius 1 is 0.867 bits per heavy atom. The second kappa shape index (κ2) is 13.1. The number of carbonyl (C=O) groups excluding carboxylic acids is 3. The lowest BCUT2D eigenvalue weighted by Gasteiger charge is -2.26. The molecule has 0 bridgehead atoms. The molecule has 13 heteroatoms. The Morgan fingerprint density at radius 2 is 1.47 bits per heavy atom. The van der Waals surface area contributed by atoms with Gasteiger partial charge in [-0.2, -0.15) is 0 Å². The monoisotopic (exact) mass is 432 g/mol. The fraction of sp³-hybridized carbons (Fsp3) is 0.647. The molecule has 0 aromatic heterocycles. The topological polar surface area (TPSA) is 225 Å². The molecule has 3 amide bonds. The number of hydrogen-bond acceptors (Lipinski definition) is 7. The second-order valence-electron chi connectivity index (χ2n) is 6.68. The molecule has 0 rings (SSSR count). The van der Waals surface area contributed by atoms with Gasteiger partial charge in [-0.1, -0.05) is 20.3 Å². The molecule has 0 aromatic carbocycles. The zero-order chi connectivity index (χ0) is 23.4. The van der Waals surface area contributed by atoms with Crippen LogP contribution < -0.4 is 21.7 Å². The molecule has 0 aliphatic carbocycles. The molecule has 0 aliphatic heterocycles. The molecule has 30 heavy (non-hydrogen) atoms. The number of hydrogen-bond donors (Lipinski definition) is 7. The lowest BCUT2D eigenvalue weighted by atomic mass is 9.97. The minimum absolute atomic E-state index is 0.337. The molecule has 13 nitrogen and oxygen atoms in total. The van der Waals surface area contributed by atoms with Crippen molar-refractivity contribution in [2.75, 3.05) is 6.54 Å². The van der Waals surface area contributed by atoms with Gasteiger partial charge in [0.05, 0.1) is 12.5 Å². The van der Waals surface area contributed by atoms with Crippen molar-refractivity contribution in [2.45, 2.75) is 57.7 Å². The van der Waals surface area contributed by atoms with Crippen LogP contribution >= 0.6 is 0 Å². The molecule has 0 aromatic rings. The van der Waals surface area contributed by atoms with Crippen LogP contribution in [0.15, 0.2) is 0 Å². The normalized spacial score (nSPS) is 14.5. The van der Waals surface area contributed by atoms with Crippen molar-refractivity contribution in [3.63, 3.8) is 0 Å². The van der Waals surface area contributed by atoms with Crippen LogP contribution in [-0.4, -0.2) is 75.6 Å². The number of carboxylic acid groups (broad SMARTS) is 3. The third-order valence-corrected chi connectivity index (χ3v) is 4.22.